The third-order valence-electron chi connectivity index (χ3n) is 4.60. The van der Waals surface area contributed by atoms with Crippen molar-refractivity contribution in [2.45, 2.75) is 39.3 Å². The summed E-state index contributed by atoms with van der Waals surface area (Å²) in [4.78, 5) is 38.5. The Labute approximate surface area is 164 Å². The molecule has 0 aliphatic carbocycles. The lowest BCUT2D eigenvalue weighted by Crippen LogP contribution is -2.31. The molecule has 2 N–H and O–H groups in total. The van der Waals surface area contributed by atoms with Crippen LogP contribution >= 0.6 is 0 Å². The van der Waals surface area contributed by atoms with Crippen molar-refractivity contribution in [1.29, 1.82) is 0 Å². The minimum absolute atomic E-state index is 0.00582. The third kappa shape index (κ3) is 4.76. The summed E-state index contributed by atoms with van der Waals surface area (Å²) in [6, 6.07) is 14.1. The Kier molecular flexibility index (Phi) is 6.09. The molecule has 0 aromatic heterocycles. The highest BCUT2D eigenvalue weighted by Crippen LogP contribution is 2.18. The molecule has 6 heteroatoms. The van der Waals surface area contributed by atoms with Crippen molar-refractivity contribution in [1.82, 2.24) is 10.2 Å². The fraction of sp³-hybridized carbons (Fsp3) is 0.318. The summed E-state index contributed by atoms with van der Waals surface area (Å²) in [6.07, 6.45) is 1.52. The van der Waals surface area contributed by atoms with E-state index in [1.807, 2.05) is 30.9 Å². The second-order valence-corrected chi connectivity index (χ2v) is 7.24. The first kappa shape index (κ1) is 19.6. The van der Waals surface area contributed by atoms with Crippen LogP contribution in [0.4, 0.5) is 5.69 Å². The van der Waals surface area contributed by atoms with Crippen LogP contribution in [0.15, 0.2) is 48.5 Å². The Morgan fingerprint density at radius 3 is 2.39 bits per heavy atom. The summed E-state index contributed by atoms with van der Waals surface area (Å²) >= 11 is 0. The molecule has 0 radical (unpaired) electrons. The van der Waals surface area contributed by atoms with E-state index in [1.54, 1.807) is 36.4 Å². The SMILES string of the molecule is CC(C)NC(=O)c1ccccc1NC(=O)c1ccc(CN2CCCC2=O)cc1. The largest absolute Gasteiger partial charge is 0.350 e. The number of hydrogen-bond acceptors (Lipinski definition) is 3. The first-order valence-electron chi connectivity index (χ1n) is 9.52. The Morgan fingerprint density at radius 2 is 1.75 bits per heavy atom. The van der Waals surface area contributed by atoms with Gasteiger partial charge in [-0.2, -0.15) is 0 Å². The second-order valence-electron chi connectivity index (χ2n) is 7.24. The molecule has 1 heterocycles. The Hall–Kier alpha value is -3.15. The van der Waals surface area contributed by atoms with Crippen LogP contribution in [0.2, 0.25) is 0 Å². The van der Waals surface area contributed by atoms with Crippen molar-refractivity contribution in [2.75, 3.05) is 11.9 Å². The molecule has 1 aliphatic heterocycles. The molecule has 0 saturated carbocycles. The first-order chi connectivity index (χ1) is 13.4. The van der Waals surface area contributed by atoms with Gasteiger partial charge in [-0.25, -0.2) is 0 Å². The number of nitrogens with one attached hydrogen (secondary N) is 2. The van der Waals surface area contributed by atoms with Crippen molar-refractivity contribution >= 4 is 23.4 Å². The van der Waals surface area contributed by atoms with E-state index < -0.39 is 0 Å². The van der Waals surface area contributed by atoms with Crippen LogP contribution in [0.25, 0.3) is 0 Å². The zero-order valence-electron chi connectivity index (χ0n) is 16.2. The molecule has 6 nitrogen and oxygen atoms in total. The Morgan fingerprint density at radius 1 is 1.04 bits per heavy atom. The second kappa shape index (κ2) is 8.69. The average molecular weight is 379 g/mol. The molecule has 0 unspecified atom stereocenters. The lowest BCUT2D eigenvalue weighted by atomic mass is 10.1. The van der Waals surface area contributed by atoms with Gasteiger partial charge in [0, 0.05) is 31.1 Å². The molecular formula is C22H25N3O3. The number of anilines is 1. The van der Waals surface area contributed by atoms with E-state index in [2.05, 4.69) is 10.6 Å². The molecular weight excluding hydrogens is 354 g/mol. The molecule has 1 fully saturated rings. The van der Waals surface area contributed by atoms with Crippen LogP contribution in [-0.2, 0) is 11.3 Å². The minimum Gasteiger partial charge on any atom is -0.350 e. The summed E-state index contributed by atoms with van der Waals surface area (Å²) in [6.45, 7) is 5.13. The number of para-hydroxylation sites is 1. The number of amides is 3. The van der Waals surface area contributed by atoms with Crippen LogP contribution in [0.1, 0.15) is 53.0 Å². The molecule has 0 bridgehead atoms. The van der Waals surface area contributed by atoms with Crippen LogP contribution in [0, 0.1) is 0 Å². The summed E-state index contributed by atoms with van der Waals surface area (Å²) in [5.41, 5.74) is 2.38. The van der Waals surface area contributed by atoms with Gasteiger partial charge in [0.1, 0.15) is 0 Å². The molecule has 0 spiro atoms. The number of hydrogen-bond donors (Lipinski definition) is 2. The number of carbonyl (C=O) groups is 3. The molecule has 1 saturated heterocycles. The topological polar surface area (TPSA) is 78.5 Å². The lowest BCUT2D eigenvalue weighted by molar-refractivity contribution is -0.128. The van der Waals surface area contributed by atoms with Crippen LogP contribution in [0.5, 0.6) is 0 Å². The zero-order valence-corrected chi connectivity index (χ0v) is 16.2. The monoisotopic (exact) mass is 379 g/mol. The van der Waals surface area contributed by atoms with Crippen LogP contribution in [-0.4, -0.2) is 35.2 Å². The Balaban J connectivity index is 1.68. The molecule has 2 aromatic carbocycles. The standard InChI is InChI=1S/C22H25N3O3/c1-15(2)23-22(28)18-6-3-4-7-19(18)24-21(27)17-11-9-16(10-12-17)14-25-13-5-8-20(25)26/h3-4,6-7,9-12,15H,5,8,13-14H2,1-2H3,(H,23,28)(H,24,27). The molecule has 146 valence electrons. The lowest BCUT2D eigenvalue weighted by Gasteiger charge is -2.16. The van der Waals surface area contributed by atoms with Crippen LogP contribution in [0.3, 0.4) is 0 Å². The van der Waals surface area contributed by atoms with Gasteiger partial charge < -0.3 is 15.5 Å². The number of benzene rings is 2. The van der Waals surface area contributed by atoms with E-state index in [1.165, 1.54) is 0 Å². The minimum atomic E-state index is -0.284. The Bertz CT molecular complexity index is 875. The fourth-order valence-corrected chi connectivity index (χ4v) is 3.18. The van der Waals surface area contributed by atoms with Gasteiger partial charge >= 0.3 is 0 Å². The zero-order chi connectivity index (χ0) is 20.1. The van der Waals surface area contributed by atoms with Gasteiger partial charge in [-0.3, -0.25) is 14.4 Å². The van der Waals surface area contributed by atoms with Crippen LogP contribution < -0.4 is 10.6 Å². The van der Waals surface area contributed by atoms with Crippen molar-refractivity contribution < 1.29 is 14.4 Å². The van der Waals surface area contributed by atoms with E-state index in [-0.39, 0.29) is 23.8 Å². The number of rotatable bonds is 6. The van der Waals surface area contributed by atoms with Gasteiger partial charge in [-0.1, -0.05) is 24.3 Å². The number of carbonyl (C=O) groups excluding carboxylic acids is 3. The summed E-state index contributed by atoms with van der Waals surface area (Å²) in [7, 11) is 0. The van der Waals surface area contributed by atoms with Gasteiger partial charge in [0.15, 0.2) is 0 Å². The van der Waals surface area contributed by atoms with Crippen molar-refractivity contribution in [2.24, 2.45) is 0 Å². The van der Waals surface area contributed by atoms with Gasteiger partial charge in [0.05, 0.1) is 11.3 Å². The third-order valence-corrected chi connectivity index (χ3v) is 4.60. The highest BCUT2D eigenvalue weighted by Gasteiger charge is 2.20. The van der Waals surface area contributed by atoms with E-state index in [4.69, 9.17) is 0 Å². The number of nitrogens with zero attached hydrogens (tertiary/aromatic N) is 1. The normalized spacial score (nSPS) is 13.7. The predicted octanol–water partition coefficient (Wildman–Crippen LogP) is 3.20. The average Bonchev–Trinajstić information content (AvgIpc) is 3.06. The van der Waals surface area contributed by atoms with Crippen molar-refractivity contribution in [3.63, 3.8) is 0 Å². The highest BCUT2D eigenvalue weighted by molar-refractivity contribution is 6.09. The quantitative estimate of drug-likeness (QED) is 0.809. The molecule has 1 aliphatic rings. The van der Waals surface area contributed by atoms with E-state index in [9.17, 15) is 14.4 Å². The molecule has 28 heavy (non-hydrogen) atoms. The van der Waals surface area contributed by atoms with Gasteiger partial charge in [-0.05, 0) is 50.1 Å². The van der Waals surface area contributed by atoms with Crippen molar-refractivity contribution in [3.8, 4) is 0 Å². The van der Waals surface area contributed by atoms with Crippen molar-refractivity contribution in [3.05, 3.63) is 65.2 Å². The van der Waals surface area contributed by atoms with Gasteiger partial charge in [0.2, 0.25) is 5.91 Å². The van der Waals surface area contributed by atoms with E-state index >= 15 is 0 Å². The number of likely N-dealkylation sites (tertiary alicyclic amines) is 1. The summed E-state index contributed by atoms with van der Waals surface area (Å²) < 4.78 is 0. The molecule has 3 rings (SSSR count). The summed E-state index contributed by atoms with van der Waals surface area (Å²) in [5, 5.41) is 5.65. The molecule has 3 amide bonds. The first-order valence-corrected chi connectivity index (χ1v) is 9.52. The molecule has 0 atom stereocenters. The van der Waals surface area contributed by atoms with Gasteiger partial charge in [-0.15, -0.1) is 0 Å². The van der Waals surface area contributed by atoms with E-state index in [0.29, 0.717) is 29.8 Å². The fourth-order valence-electron chi connectivity index (χ4n) is 3.18. The smallest absolute Gasteiger partial charge is 0.255 e. The molecule has 2 aromatic rings. The maximum absolute atomic E-state index is 12.6. The van der Waals surface area contributed by atoms with E-state index in [0.717, 1.165) is 18.5 Å². The highest BCUT2D eigenvalue weighted by atomic mass is 16.2. The predicted molar refractivity (Wildman–Crippen MR) is 108 cm³/mol. The van der Waals surface area contributed by atoms with Gasteiger partial charge in [0.25, 0.3) is 11.8 Å². The maximum atomic E-state index is 12.6. The maximum Gasteiger partial charge on any atom is 0.255 e. The summed E-state index contributed by atoms with van der Waals surface area (Å²) in [5.74, 6) is -0.330.